The summed E-state index contributed by atoms with van der Waals surface area (Å²) in [6, 6.07) is 9.58. The fourth-order valence-corrected chi connectivity index (χ4v) is 3.32. The van der Waals surface area contributed by atoms with Gasteiger partial charge in [0.05, 0.1) is 27.3 Å². The predicted octanol–water partition coefficient (Wildman–Crippen LogP) is 3.87. The van der Waals surface area contributed by atoms with Gasteiger partial charge in [-0.2, -0.15) is 0 Å². The first-order valence-corrected chi connectivity index (χ1v) is 8.24. The van der Waals surface area contributed by atoms with Gasteiger partial charge in [0.15, 0.2) is 0 Å². The molecule has 2 aromatic heterocycles. The van der Waals surface area contributed by atoms with Gasteiger partial charge >= 0.3 is 0 Å². The third-order valence-electron chi connectivity index (χ3n) is 3.79. The van der Waals surface area contributed by atoms with Gasteiger partial charge < -0.3 is 5.73 Å². The lowest BCUT2D eigenvalue weighted by atomic mass is 10.1. The third-order valence-corrected chi connectivity index (χ3v) is 4.87. The topological polar surface area (TPSA) is 64.7 Å². The Bertz CT molecular complexity index is 841. The molecule has 0 amide bonds. The molecule has 22 heavy (non-hydrogen) atoms. The second kappa shape index (κ2) is 5.12. The highest BCUT2D eigenvalue weighted by atomic mass is 35.5. The first-order chi connectivity index (χ1) is 10.7. The van der Waals surface area contributed by atoms with Gasteiger partial charge in [0.2, 0.25) is 0 Å². The highest BCUT2D eigenvalue weighted by Crippen LogP contribution is 2.42. The first kappa shape index (κ1) is 13.8. The van der Waals surface area contributed by atoms with Crippen molar-refractivity contribution in [3.8, 4) is 21.8 Å². The van der Waals surface area contributed by atoms with E-state index in [2.05, 4.69) is 15.0 Å². The standard InChI is InChI=1S/C16H13ClN4S/c17-11-3-1-2-10(8-11)13-14(22-9-20-13)12-4-7-19-15(21-12)16(18)5-6-16/h1-4,7-9H,5-6,18H2. The van der Waals surface area contributed by atoms with Crippen LogP contribution in [0.3, 0.4) is 0 Å². The molecule has 4 rings (SSSR count). The number of rotatable bonds is 3. The summed E-state index contributed by atoms with van der Waals surface area (Å²) < 4.78 is 0. The van der Waals surface area contributed by atoms with Crippen molar-refractivity contribution < 1.29 is 0 Å². The molecular formula is C16H13ClN4S. The predicted molar refractivity (Wildman–Crippen MR) is 88.7 cm³/mol. The molecule has 6 heteroatoms. The first-order valence-electron chi connectivity index (χ1n) is 6.98. The van der Waals surface area contributed by atoms with Crippen LogP contribution >= 0.6 is 22.9 Å². The van der Waals surface area contributed by atoms with E-state index in [1.54, 1.807) is 17.5 Å². The van der Waals surface area contributed by atoms with Crippen LogP contribution in [0.1, 0.15) is 18.7 Å². The molecule has 3 aromatic rings. The summed E-state index contributed by atoms with van der Waals surface area (Å²) in [5, 5.41) is 0.693. The Morgan fingerprint density at radius 3 is 2.82 bits per heavy atom. The van der Waals surface area contributed by atoms with Crippen LogP contribution in [0, 0.1) is 0 Å². The Morgan fingerprint density at radius 1 is 1.18 bits per heavy atom. The zero-order chi connectivity index (χ0) is 15.2. The average molecular weight is 329 g/mol. The molecule has 1 aromatic carbocycles. The van der Waals surface area contributed by atoms with Crippen molar-refractivity contribution in [2.45, 2.75) is 18.4 Å². The number of halogens is 1. The monoisotopic (exact) mass is 328 g/mol. The highest BCUT2D eigenvalue weighted by molar-refractivity contribution is 7.13. The number of nitrogens with two attached hydrogens (primary N) is 1. The van der Waals surface area contributed by atoms with Gasteiger partial charge in [-0.3, -0.25) is 0 Å². The fraction of sp³-hybridized carbons (Fsp3) is 0.188. The lowest BCUT2D eigenvalue weighted by Gasteiger charge is -2.08. The molecule has 0 atom stereocenters. The SMILES string of the molecule is NC1(c2nccc(-c3scnc3-c3cccc(Cl)c3)n2)CC1. The van der Waals surface area contributed by atoms with E-state index in [1.807, 2.05) is 35.8 Å². The molecule has 0 unspecified atom stereocenters. The summed E-state index contributed by atoms with van der Waals surface area (Å²) in [6.07, 6.45) is 3.66. The molecule has 1 aliphatic carbocycles. The van der Waals surface area contributed by atoms with E-state index in [1.165, 1.54) is 0 Å². The van der Waals surface area contributed by atoms with Gasteiger partial charge in [0.1, 0.15) is 5.82 Å². The molecule has 2 heterocycles. The number of thiazole rings is 1. The smallest absolute Gasteiger partial charge is 0.148 e. The minimum atomic E-state index is -0.336. The zero-order valence-electron chi connectivity index (χ0n) is 11.7. The van der Waals surface area contributed by atoms with Gasteiger partial charge in [-0.05, 0) is 31.0 Å². The maximum absolute atomic E-state index is 6.20. The van der Waals surface area contributed by atoms with Gasteiger partial charge in [-0.25, -0.2) is 15.0 Å². The Kier molecular flexibility index (Phi) is 3.22. The number of aromatic nitrogens is 3. The van der Waals surface area contributed by atoms with Crippen molar-refractivity contribution >= 4 is 22.9 Å². The van der Waals surface area contributed by atoms with E-state index in [0.717, 1.165) is 40.5 Å². The lowest BCUT2D eigenvalue weighted by Crippen LogP contribution is -2.22. The van der Waals surface area contributed by atoms with Crippen molar-refractivity contribution in [1.82, 2.24) is 15.0 Å². The van der Waals surface area contributed by atoms with Gasteiger partial charge in [0.25, 0.3) is 0 Å². The number of nitrogens with zero attached hydrogens (tertiary/aromatic N) is 3. The van der Waals surface area contributed by atoms with Crippen molar-refractivity contribution in [1.29, 1.82) is 0 Å². The maximum atomic E-state index is 6.20. The minimum Gasteiger partial charge on any atom is -0.319 e. The van der Waals surface area contributed by atoms with E-state index in [4.69, 9.17) is 17.3 Å². The lowest BCUT2D eigenvalue weighted by molar-refractivity contribution is 0.673. The quantitative estimate of drug-likeness (QED) is 0.792. The Balaban J connectivity index is 1.80. The average Bonchev–Trinajstić information content (AvgIpc) is 3.11. The molecule has 0 saturated heterocycles. The zero-order valence-corrected chi connectivity index (χ0v) is 13.2. The van der Waals surface area contributed by atoms with Crippen LogP contribution in [0.15, 0.2) is 42.0 Å². The minimum absolute atomic E-state index is 0.336. The summed E-state index contributed by atoms with van der Waals surface area (Å²) >= 11 is 7.64. The van der Waals surface area contributed by atoms with Gasteiger partial charge in [-0.1, -0.05) is 23.7 Å². The molecule has 0 aliphatic heterocycles. The molecule has 1 saturated carbocycles. The van der Waals surface area contributed by atoms with Crippen LogP contribution in [-0.2, 0) is 5.54 Å². The van der Waals surface area contributed by atoms with E-state index in [9.17, 15) is 0 Å². The van der Waals surface area contributed by atoms with Crippen molar-refractivity contribution in [2.75, 3.05) is 0 Å². The molecule has 1 fully saturated rings. The summed E-state index contributed by atoms with van der Waals surface area (Å²) in [4.78, 5) is 14.5. The van der Waals surface area contributed by atoms with Gasteiger partial charge in [-0.15, -0.1) is 11.3 Å². The largest absolute Gasteiger partial charge is 0.319 e. The van der Waals surface area contributed by atoms with Crippen LogP contribution in [0.5, 0.6) is 0 Å². The summed E-state index contributed by atoms with van der Waals surface area (Å²) in [5.41, 5.74) is 10.4. The second-order valence-electron chi connectivity index (χ2n) is 5.46. The van der Waals surface area contributed by atoms with E-state index in [0.29, 0.717) is 5.02 Å². The van der Waals surface area contributed by atoms with E-state index >= 15 is 0 Å². The van der Waals surface area contributed by atoms with E-state index < -0.39 is 0 Å². The van der Waals surface area contributed by atoms with Gasteiger partial charge in [0, 0.05) is 16.8 Å². The van der Waals surface area contributed by atoms with E-state index in [-0.39, 0.29) is 5.54 Å². The van der Waals surface area contributed by atoms with Crippen LogP contribution in [0.2, 0.25) is 5.02 Å². The molecule has 110 valence electrons. The summed E-state index contributed by atoms with van der Waals surface area (Å²) in [6.45, 7) is 0. The molecule has 2 N–H and O–H groups in total. The van der Waals surface area contributed by atoms with Crippen molar-refractivity contribution in [3.05, 3.63) is 52.9 Å². The Hall–Kier alpha value is -1.82. The molecule has 4 nitrogen and oxygen atoms in total. The Morgan fingerprint density at radius 2 is 2.05 bits per heavy atom. The summed E-state index contributed by atoms with van der Waals surface area (Å²) in [5.74, 6) is 0.718. The third kappa shape index (κ3) is 2.41. The maximum Gasteiger partial charge on any atom is 0.148 e. The Labute approximate surface area is 137 Å². The second-order valence-corrected chi connectivity index (χ2v) is 6.75. The molecule has 0 bridgehead atoms. The van der Waals surface area contributed by atoms with Crippen molar-refractivity contribution in [2.24, 2.45) is 5.73 Å². The molecular weight excluding hydrogens is 316 g/mol. The van der Waals surface area contributed by atoms with Crippen LogP contribution in [0.25, 0.3) is 21.8 Å². The van der Waals surface area contributed by atoms with Crippen molar-refractivity contribution in [3.63, 3.8) is 0 Å². The highest BCUT2D eigenvalue weighted by Gasteiger charge is 2.43. The molecule has 0 radical (unpaired) electrons. The molecule has 0 spiro atoms. The fourth-order valence-electron chi connectivity index (χ4n) is 2.35. The number of hydrogen-bond acceptors (Lipinski definition) is 5. The molecule has 1 aliphatic rings. The van der Waals surface area contributed by atoms with Crippen LogP contribution < -0.4 is 5.73 Å². The van der Waals surface area contributed by atoms with Crippen LogP contribution in [0.4, 0.5) is 0 Å². The normalized spacial score (nSPS) is 15.7. The number of benzene rings is 1. The number of hydrogen-bond donors (Lipinski definition) is 1. The van der Waals surface area contributed by atoms with Crippen LogP contribution in [-0.4, -0.2) is 15.0 Å². The summed E-state index contributed by atoms with van der Waals surface area (Å²) in [7, 11) is 0.